The van der Waals surface area contributed by atoms with Gasteiger partial charge in [0.05, 0.1) is 18.2 Å². The molecule has 0 radical (unpaired) electrons. The number of benzene rings is 2. The van der Waals surface area contributed by atoms with Crippen molar-refractivity contribution >= 4 is 46.0 Å². The zero-order valence-corrected chi connectivity index (χ0v) is 15.4. The van der Waals surface area contributed by atoms with Crippen LogP contribution >= 0.6 is 23.2 Å². The lowest BCUT2D eigenvalue weighted by atomic mass is 10.1. The average molecular weight is 393 g/mol. The molecule has 0 bridgehead atoms. The Morgan fingerprint density at radius 2 is 1.96 bits per heavy atom. The number of hydrogen-bond acceptors (Lipinski definition) is 5. The fourth-order valence-electron chi connectivity index (χ4n) is 2.57. The number of carbonyl (C=O) groups is 2. The van der Waals surface area contributed by atoms with E-state index in [0.29, 0.717) is 15.9 Å². The number of esters is 2. The lowest BCUT2D eigenvalue weighted by Gasteiger charge is -2.17. The van der Waals surface area contributed by atoms with Crippen molar-refractivity contribution in [2.75, 3.05) is 7.11 Å². The van der Waals surface area contributed by atoms with Crippen molar-refractivity contribution in [3.63, 3.8) is 0 Å². The van der Waals surface area contributed by atoms with Crippen LogP contribution in [0, 0.1) is 0 Å². The molecule has 134 valence electrons. The van der Waals surface area contributed by atoms with Crippen LogP contribution in [-0.4, -0.2) is 28.8 Å². The Morgan fingerprint density at radius 1 is 1.19 bits per heavy atom. The van der Waals surface area contributed by atoms with Gasteiger partial charge < -0.3 is 9.47 Å². The van der Waals surface area contributed by atoms with Gasteiger partial charge in [-0.2, -0.15) is 5.10 Å². The third kappa shape index (κ3) is 3.52. The van der Waals surface area contributed by atoms with E-state index in [4.69, 9.17) is 32.7 Å². The van der Waals surface area contributed by atoms with Crippen LogP contribution in [0.15, 0.2) is 42.6 Å². The minimum Gasteiger partial charge on any atom is -0.466 e. The number of nitrogens with zero attached hydrogens (tertiary/aromatic N) is 2. The second kappa shape index (κ2) is 7.35. The molecular weight excluding hydrogens is 379 g/mol. The number of fused-ring (bicyclic) bond motifs is 1. The molecule has 1 atom stereocenters. The molecule has 0 N–H and O–H groups in total. The minimum absolute atomic E-state index is 0.195. The van der Waals surface area contributed by atoms with Crippen molar-refractivity contribution in [3.05, 3.63) is 63.8 Å². The van der Waals surface area contributed by atoms with Gasteiger partial charge in [0, 0.05) is 34.2 Å². The van der Waals surface area contributed by atoms with Gasteiger partial charge in [0.2, 0.25) is 6.10 Å². The normalized spacial score (nSPS) is 12.0. The smallest absolute Gasteiger partial charge is 0.352 e. The summed E-state index contributed by atoms with van der Waals surface area (Å²) in [6.45, 7) is 0. The molecule has 0 fully saturated rings. The van der Waals surface area contributed by atoms with Crippen LogP contribution in [0.1, 0.15) is 22.0 Å². The van der Waals surface area contributed by atoms with E-state index in [9.17, 15) is 9.59 Å². The lowest BCUT2D eigenvalue weighted by Crippen LogP contribution is -2.21. The van der Waals surface area contributed by atoms with Crippen molar-refractivity contribution in [1.82, 2.24) is 9.78 Å². The van der Waals surface area contributed by atoms with Crippen molar-refractivity contribution in [1.29, 1.82) is 0 Å². The quantitative estimate of drug-likeness (QED) is 0.628. The topological polar surface area (TPSA) is 70.4 Å². The summed E-state index contributed by atoms with van der Waals surface area (Å²) in [5.74, 6) is -1.44. The van der Waals surface area contributed by atoms with Gasteiger partial charge in [0.25, 0.3) is 0 Å². The molecule has 0 spiro atoms. The van der Waals surface area contributed by atoms with Crippen LogP contribution < -0.4 is 0 Å². The monoisotopic (exact) mass is 392 g/mol. The molecule has 1 aromatic heterocycles. The molecular formula is C18H14Cl2N2O4. The standard InChI is InChI=1S/C18H14Cl2N2O4/c1-22-9-13-11(4-3-5-15(13)21-22)17(23)26-16(18(24)25-2)12-7-6-10(19)8-14(12)20/h3-9,16H,1-2H3. The first-order valence-corrected chi connectivity index (χ1v) is 8.32. The van der Waals surface area contributed by atoms with Crippen LogP contribution in [0.2, 0.25) is 10.0 Å². The molecule has 0 saturated heterocycles. The molecule has 1 heterocycles. The lowest BCUT2D eigenvalue weighted by molar-refractivity contribution is -0.151. The van der Waals surface area contributed by atoms with Gasteiger partial charge in [-0.1, -0.05) is 35.3 Å². The molecule has 0 saturated carbocycles. The van der Waals surface area contributed by atoms with Gasteiger partial charge in [0.15, 0.2) is 0 Å². The van der Waals surface area contributed by atoms with E-state index in [1.54, 1.807) is 42.2 Å². The molecule has 8 heteroatoms. The highest BCUT2D eigenvalue weighted by atomic mass is 35.5. The predicted molar refractivity (Wildman–Crippen MR) is 97.3 cm³/mol. The Bertz CT molecular complexity index is 1000. The molecule has 0 aliphatic carbocycles. The summed E-state index contributed by atoms with van der Waals surface area (Å²) in [4.78, 5) is 24.9. The number of halogens is 2. The summed E-state index contributed by atoms with van der Waals surface area (Å²) in [6, 6.07) is 9.60. The zero-order chi connectivity index (χ0) is 18.8. The number of aryl methyl sites for hydroxylation is 1. The third-order valence-corrected chi connectivity index (χ3v) is 4.33. The van der Waals surface area contributed by atoms with Crippen LogP contribution in [0.4, 0.5) is 0 Å². The first-order chi connectivity index (χ1) is 12.4. The second-order valence-electron chi connectivity index (χ2n) is 5.52. The largest absolute Gasteiger partial charge is 0.466 e. The average Bonchev–Trinajstić information content (AvgIpc) is 2.99. The summed E-state index contributed by atoms with van der Waals surface area (Å²) < 4.78 is 11.8. The molecule has 3 rings (SSSR count). The van der Waals surface area contributed by atoms with Crippen LogP contribution in [-0.2, 0) is 21.3 Å². The summed E-state index contributed by atoms with van der Waals surface area (Å²) in [6.07, 6.45) is 0.387. The molecule has 6 nitrogen and oxygen atoms in total. The Labute approximate surface area is 159 Å². The molecule has 2 aromatic carbocycles. The summed E-state index contributed by atoms with van der Waals surface area (Å²) >= 11 is 12.0. The number of rotatable bonds is 4. The Kier molecular flexibility index (Phi) is 5.15. The fraction of sp³-hybridized carbons (Fsp3) is 0.167. The van der Waals surface area contributed by atoms with E-state index < -0.39 is 18.0 Å². The molecule has 3 aromatic rings. The van der Waals surface area contributed by atoms with Gasteiger partial charge in [-0.3, -0.25) is 4.68 Å². The molecule has 0 aliphatic rings. The second-order valence-corrected chi connectivity index (χ2v) is 6.36. The van der Waals surface area contributed by atoms with Gasteiger partial charge in [-0.05, 0) is 24.3 Å². The van der Waals surface area contributed by atoms with Crippen molar-refractivity contribution < 1.29 is 19.1 Å². The Balaban J connectivity index is 1.98. The van der Waals surface area contributed by atoms with Crippen LogP contribution in [0.5, 0.6) is 0 Å². The van der Waals surface area contributed by atoms with Gasteiger partial charge >= 0.3 is 11.9 Å². The Hall–Kier alpha value is -2.57. The number of methoxy groups -OCH3 is 1. The van der Waals surface area contributed by atoms with Crippen molar-refractivity contribution in [3.8, 4) is 0 Å². The highest BCUT2D eigenvalue weighted by molar-refractivity contribution is 6.35. The van der Waals surface area contributed by atoms with Gasteiger partial charge in [-0.25, -0.2) is 9.59 Å². The highest BCUT2D eigenvalue weighted by Gasteiger charge is 2.29. The van der Waals surface area contributed by atoms with Crippen LogP contribution in [0.3, 0.4) is 0 Å². The zero-order valence-electron chi connectivity index (χ0n) is 13.9. The third-order valence-electron chi connectivity index (χ3n) is 3.77. The van der Waals surface area contributed by atoms with E-state index in [1.165, 1.54) is 19.2 Å². The fourth-order valence-corrected chi connectivity index (χ4v) is 3.08. The maximum Gasteiger partial charge on any atom is 0.352 e. The minimum atomic E-state index is -1.32. The molecule has 0 amide bonds. The van der Waals surface area contributed by atoms with Crippen molar-refractivity contribution in [2.24, 2.45) is 7.05 Å². The van der Waals surface area contributed by atoms with E-state index in [1.807, 2.05) is 0 Å². The summed E-state index contributed by atoms with van der Waals surface area (Å²) in [7, 11) is 2.95. The van der Waals surface area contributed by atoms with E-state index >= 15 is 0 Å². The van der Waals surface area contributed by atoms with Gasteiger partial charge in [0.1, 0.15) is 0 Å². The van der Waals surface area contributed by atoms with E-state index in [0.717, 1.165) is 0 Å². The summed E-state index contributed by atoms with van der Waals surface area (Å²) in [5.41, 5.74) is 1.21. The number of hydrogen-bond donors (Lipinski definition) is 0. The van der Waals surface area contributed by atoms with Crippen LogP contribution in [0.25, 0.3) is 10.9 Å². The Morgan fingerprint density at radius 3 is 2.65 bits per heavy atom. The van der Waals surface area contributed by atoms with E-state index in [-0.39, 0.29) is 16.1 Å². The van der Waals surface area contributed by atoms with Crippen molar-refractivity contribution in [2.45, 2.75) is 6.10 Å². The molecule has 1 unspecified atom stereocenters. The maximum atomic E-state index is 12.7. The highest BCUT2D eigenvalue weighted by Crippen LogP contribution is 2.30. The first kappa shape index (κ1) is 18.2. The van der Waals surface area contributed by atoms with Gasteiger partial charge in [-0.15, -0.1) is 0 Å². The number of ether oxygens (including phenoxy) is 2. The maximum absolute atomic E-state index is 12.7. The molecule has 0 aliphatic heterocycles. The predicted octanol–water partition coefficient (Wildman–Crippen LogP) is 3.95. The van der Waals surface area contributed by atoms with E-state index in [2.05, 4.69) is 5.10 Å². The molecule has 26 heavy (non-hydrogen) atoms. The number of carbonyl (C=O) groups excluding carboxylic acids is 2. The first-order valence-electron chi connectivity index (χ1n) is 7.57. The number of aromatic nitrogens is 2. The SMILES string of the molecule is COC(=O)C(OC(=O)c1cccc2nn(C)cc12)c1ccc(Cl)cc1Cl. The summed E-state index contributed by atoms with van der Waals surface area (Å²) in [5, 5.41) is 5.46.